The molecule has 0 aliphatic carbocycles. The number of methoxy groups -OCH3 is 2. The fourth-order valence-electron chi connectivity index (χ4n) is 8.12. The minimum absolute atomic E-state index is 0.00126. The van der Waals surface area contributed by atoms with Crippen LogP contribution < -0.4 is 15.0 Å². The third kappa shape index (κ3) is 6.93. The second-order valence-corrected chi connectivity index (χ2v) is 17.0. The lowest BCUT2D eigenvalue weighted by molar-refractivity contribution is -0.201. The molecule has 2 saturated heterocycles. The van der Waals surface area contributed by atoms with Crippen LogP contribution in [0.4, 0.5) is 0 Å². The van der Waals surface area contributed by atoms with Crippen LogP contribution in [0.2, 0.25) is 0 Å². The third-order valence-corrected chi connectivity index (χ3v) is 13.5. The molecule has 5 atom stereocenters. The van der Waals surface area contributed by atoms with E-state index in [-0.39, 0.29) is 43.4 Å². The summed E-state index contributed by atoms with van der Waals surface area (Å²) < 4.78 is 57.8. The zero-order chi connectivity index (χ0) is 39.7. The number of fused-ring (bicyclic) bond motifs is 3. The van der Waals surface area contributed by atoms with Crippen LogP contribution in [0.5, 0.6) is 11.5 Å². The molecule has 1 unspecified atom stereocenters. The zero-order valence-corrected chi connectivity index (χ0v) is 33.2. The Bertz CT molecular complexity index is 2220. The number of nitrogens with one attached hydrogen (secondary N) is 1. The first-order valence-electron chi connectivity index (χ1n) is 18.6. The van der Waals surface area contributed by atoms with E-state index in [2.05, 4.69) is 21.0 Å². The van der Waals surface area contributed by atoms with E-state index in [0.29, 0.717) is 17.1 Å². The Morgan fingerprint density at radius 1 is 0.964 bits per heavy atom. The number of nitrogens with zero attached hydrogens (tertiary/aromatic N) is 5. The van der Waals surface area contributed by atoms with Crippen molar-refractivity contribution in [3.63, 3.8) is 0 Å². The van der Waals surface area contributed by atoms with E-state index in [4.69, 9.17) is 28.2 Å². The highest BCUT2D eigenvalue weighted by Crippen LogP contribution is 2.60. The number of benzene rings is 3. The van der Waals surface area contributed by atoms with Gasteiger partial charge in [-0.2, -0.15) is 5.26 Å². The highest BCUT2D eigenvalue weighted by molar-refractivity contribution is 7.56. The fraction of sp³-hybridized carbons (Fsp3) is 0.415. The molecule has 3 aromatic carbocycles. The smallest absolute Gasteiger partial charge is 0.278 e. The van der Waals surface area contributed by atoms with E-state index in [1.807, 2.05) is 111 Å². The number of aromatic nitrogens is 4. The van der Waals surface area contributed by atoms with Crippen LogP contribution in [0, 0.1) is 11.3 Å². The second kappa shape index (κ2) is 15.9. The summed E-state index contributed by atoms with van der Waals surface area (Å²) in [4.78, 5) is 24.0. The third-order valence-electron chi connectivity index (χ3n) is 10.5. The van der Waals surface area contributed by atoms with Gasteiger partial charge in [0, 0.05) is 18.5 Å². The van der Waals surface area contributed by atoms with Crippen LogP contribution in [-0.2, 0) is 28.9 Å². The maximum atomic E-state index is 15.3. The number of imidazole rings is 1. The molecule has 2 aromatic heterocycles. The molecule has 56 heavy (non-hydrogen) atoms. The summed E-state index contributed by atoms with van der Waals surface area (Å²) in [6.45, 7) is 7.77. The highest BCUT2D eigenvalue weighted by Gasteiger charge is 2.66. The summed E-state index contributed by atoms with van der Waals surface area (Å²) in [6, 6.07) is 27.1. The Hall–Kier alpha value is -4.87. The summed E-state index contributed by atoms with van der Waals surface area (Å²) in [5, 5.41) is 9.70. The summed E-state index contributed by atoms with van der Waals surface area (Å²) in [5.74, 6) is 1.36. The lowest BCUT2D eigenvalue weighted by Gasteiger charge is -2.42. The lowest BCUT2D eigenvalue weighted by atomic mass is 9.79. The highest BCUT2D eigenvalue weighted by atomic mass is 31.2. The Labute approximate surface area is 325 Å². The molecule has 1 N–H and O–H groups in total. The van der Waals surface area contributed by atoms with Gasteiger partial charge in [-0.05, 0) is 68.7 Å². The molecule has 294 valence electrons. The van der Waals surface area contributed by atoms with Crippen molar-refractivity contribution in [2.45, 2.75) is 75.8 Å². The maximum Gasteiger partial charge on any atom is 0.278 e. The summed E-state index contributed by atoms with van der Waals surface area (Å²) >= 11 is 0. The zero-order valence-electron chi connectivity index (χ0n) is 32.3. The van der Waals surface area contributed by atoms with Gasteiger partial charge in [-0.1, -0.05) is 54.6 Å². The average Bonchev–Trinajstić information content (AvgIpc) is 3.88. The molecule has 2 aliphatic heterocycles. The van der Waals surface area contributed by atoms with E-state index in [1.54, 1.807) is 18.8 Å². The van der Waals surface area contributed by atoms with Gasteiger partial charge in [0.1, 0.15) is 34.9 Å². The molecule has 2 bridgehead atoms. The number of aromatic amines is 1. The minimum Gasteiger partial charge on any atom is -0.497 e. The van der Waals surface area contributed by atoms with Gasteiger partial charge in [0.05, 0.1) is 52.3 Å². The Balaban J connectivity index is 1.38. The predicted molar refractivity (Wildman–Crippen MR) is 209 cm³/mol. The van der Waals surface area contributed by atoms with Gasteiger partial charge < -0.3 is 33.2 Å². The van der Waals surface area contributed by atoms with Gasteiger partial charge in [-0.15, -0.1) is 0 Å². The molecule has 2 fully saturated rings. The van der Waals surface area contributed by atoms with Crippen molar-refractivity contribution in [1.82, 2.24) is 24.2 Å². The van der Waals surface area contributed by atoms with Crippen molar-refractivity contribution in [3.05, 3.63) is 119 Å². The largest absolute Gasteiger partial charge is 0.497 e. The molecule has 2 aliphatic rings. The first-order chi connectivity index (χ1) is 27.0. The monoisotopic (exact) mass is 782 g/mol. The van der Waals surface area contributed by atoms with E-state index >= 15 is 4.57 Å². The molecule has 0 amide bonds. The SMILES string of the molecule is COc1ccc(C(OC[C@@]23CO[C@@H]([C@H](n4cnc5c(=O)[nH]cnc54)O2)[C@@H]3OP(=O)(CCC#N)N(C(C)C)C(C)C)(c2ccccc2)c2ccc(OC)cc2)cc1. The molecule has 0 radical (unpaired) electrons. The van der Waals surface area contributed by atoms with Gasteiger partial charge in [-0.3, -0.25) is 13.9 Å². The van der Waals surface area contributed by atoms with Gasteiger partial charge in [0.2, 0.25) is 0 Å². The van der Waals surface area contributed by atoms with E-state index in [9.17, 15) is 10.1 Å². The molecule has 15 heteroatoms. The Morgan fingerprint density at radius 3 is 2.14 bits per heavy atom. The van der Waals surface area contributed by atoms with E-state index < -0.39 is 42.7 Å². The predicted octanol–water partition coefficient (Wildman–Crippen LogP) is 6.42. The van der Waals surface area contributed by atoms with Crippen LogP contribution in [0.1, 0.15) is 57.0 Å². The Kier molecular flexibility index (Phi) is 11.2. The van der Waals surface area contributed by atoms with Crippen molar-refractivity contribution in [1.29, 1.82) is 5.26 Å². The molecule has 0 saturated carbocycles. The molecular weight excluding hydrogens is 735 g/mol. The molecule has 5 aromatic rings. The number of rotatable bonds is 16. The van der Waals surface area contributed by atoms with Crippen LogP contribution in [0.25, 0.3) is 11.2 Å². The number of ether oxygens (including phenoxy) is 5. The van der Waals surface area contributed by atoms with Crippen molar-refractivity contribution in [2.75, 3.05) is 33.6 Å². The van der Waals surface area contributed by atoms with Crippen LogP contribution in [-0.4, -0.2) is 87.7 Å². The number of hydrogen-bond acceptors (Lipinski definition) is 11. The van der Waals surface area contributed by atoms with Crippen molar-refractivity contribution >= 4 is 18.7 Å². The van der Waals surface area contributed by atoms with Gasteiger partial charge >= 0.3 is 0 Å². The molecule has 7 rings (SSSR count). The van der Waals surface area contributed by atoms with E-state index in [1.165, 1.54) is 12.7 Å². The van der Waals surface area contributed by atoms with Crippen LogP contribution in [0.15, 0.2) is 96.3 Å². The maximum absolute atomic E-state index is 15.3. The number of H-pyrrole nitrogens is 1. The minimum atomic E-state index is -3.73. The summed E-state index contributed by atoms with van der Waals surface area (Å²) in [6.07, 6.45) is 0.158. The summed E-state index contributed by atoms with van der Waals surface area (Å²) in [7, 11) is -0.492. The molecule has 0 spiro atoms. The number of nitriles is 1. The van der Waals surface area contributed by atoms with Crippen molar-refractivity contribution in [3.8, 4) is 17.6 Å². The van der Waals surface area contributed by atoms with Gasteiger partial charge in [-0.25, -0.2) is 14.6 Å². The van der Waals surface area contributed by atoms with Crippen LogP contribution in [0.3, 0.4) is 0 Å². The van der Waals surface area contributed by atoms with Crippen molar-refractivity contribution < 1.29 is 32.8 Å². The lowest BCUT2D eigenvalue weighted by Crippen LogP contribution is -2.49. The standard InChI is InChI=1S/C41H47N6O8P/c1-27(2)47(28(3)4)56(49,22-10-21-42)55-36-35-39(46-26-45-34-37(46)43-25-44-38(34)48)54-40(36,23-52-35)24-53-41(29-11-8-7-9-12-29,30-13-17-32(50-5)18-14-30)31-15-19-33(51-6)20-16-31/h7-9,11-20,25-28,35-36,39H,10,22-24H2,1-6H3,(H,43,44,48)/t35-,36+,39-,40-,56?/m1/s1. The first-order valence-corrected chi connectivity index (χ1v) is 20.4. The summed E-state index contributed by atoms with van der Waals surface area (Å²) in [5.41, 5.74) is -0.0846. The van der Waals surface area contributed by atoms with Gasteiger partial charge in [0.15, 0.2) is 17.4 Å². The Morgan fingerprint density at radius 2 is 1.57 bits per heavy atom. The molecular formula is C41H47N6O8P. The van der Waals surface area contributed by atoms with Crippen LogP contribution >= 0.6 is 7.52 Å². The van der Waals surface area contributed by atoms with E-state index in [0.717, 1.165) is 16.7 Å². The average molecular weight is 783 g/mol. The quantitative estimate of drug-likeness (QED) is 0.0865. The normalized spacial score (nSPS) is 21.8. The second-order valence-electron chi connectivity index (χ2n) is 14.6. The first kappa shape index (κ1) is 39.4. The fourth-order valence-corrected chi connectivity index (χ4v) is 11.0. The number of hydrogen-bond donors (Lipinski definition) is 1. The topological polar surface area (TPSA) is 163 Å². The molecule has 14 nitrogen and oxygen atoms in total. The van der Waals surface area contributed by atoms with Gasteiger partial charge in [0.25, 0.3) is 13.1 Å². The van der Waals surface area contributed by atoms with Crippen molar-refractivity contribution in [2.24, 2.45) is 0 Å². The molecule has 4 heterocycles.